The lowest BCUT2D eigenvalue weighted by atomic mass is 9.92. The van der Waals surface area contributed by atoms with E-state index in [0.717, 1.165) is 31.3 Å². The molecule has 3 rings (SSSR count). The number of aliphatic hydroxyl groups is 1. The number of allylic oxidation sites excluding steroid dienone is 2. The van der Waals surface area contributed by atoms with Crippen LogP contribution in [0.5, 0.6) is 0 Å². The van der Waals surface area contributed by atoms with Crippen LogP contribution in [-0.4, -0.2) is 72.4 Å². The van der Waals surface area contributed by atoms with Gasteiger partial charge in [-0.2, -0.15) is 0 Å². The first-order valence-electron chi connectivity index (χ1n) is 11.8. The highest BCUT2D eigenvalue weighted by molar-refractivity contribution is 5.87. The van der Waals surface area contributed by atoms with E-state index < -0.39 is 12.2 Å². The van der Waals surface area contributed by atoms with Gasteiger partial charge in [-0.25, -0.2) is 0 Å². The van der Waals surface area contributed by atoms with E-state index in [9.17, 15) is 14.7 Å². The van der Waals surface area contributed by atoms with E-state index in [1.54, 1.807) is 13.0 Å². The second-order valence-corrected chi connectivity index (χ2v) is 9.26. The number of carbonyl (C=O) groups excluding carboxylic acids is 2. The lowest BCUT2D eigenvalue weighted by Crippen LogP contribution is -2.47. The Balaban J connectivity index is 1.40. The first-order valence-corrected chi connectivity index (χ1v) is 11.8. The van der Waals surface area contributed by atoms with Crippen LogP contribution in [0.25, 0.3) is 0 Å². The molecule has 0 radical (unpaired) electrons. The van der Waals surface area contributed by atoms with E-state index in [-0.39, 0.29) is 41.8 Å². The van der Waals surface area contributed by atoms with E-state index in [2.05, 4.69) is 11.4 Å². The molecule has 0 bridgehead atoms. The number of nitrogens with one attached hydrogen (secondary N) is 1. The average molecular weight is 464 g/mol. The predicted octanol–water partition coefficient (Wildman–Crippen LogP) is 2.36. The zero-order chi connectivity index (χ0) is 24.0. The summed E-state index contributed by atoms with van der Waals surface area (Å²) in [6.07, 6.45) is 10.8. The van der Waals surface area contributed by atoms with E-state index in [4.69, 9.17) is 18.9 Å². The van der Waals surface area contributed by atoms with E-state index >= 15 is 0 Å². The molecule has 0 saturated carbocycles. The summed E-state index contributed by atoms with van der Waals surface area (Å²) in [7, 11) is 0. The summed E-state index contributed by atoms with van der Waals surface area (Å²) in [5.41, 5.74) is 0.695. The molecule has 0 aromatic heterocycles. The summed E-state index contributed by atoms with van der Waals surface area (Å²) >= 11 is 0. The fourth-order valence-electron chi connectivity index (χ4n) is 4.29. The minimum Gasteiger partial charge on any atom is -0.459 e. The first-order chi connectivity index (χ1) is 15.7. The summed E-state index contributed by atoms with van der Waals surface area (Å²) in [5, 5.41) is 13.4. The van der Waals surface area contributed by atoms with Crippen LogP contribution in [0.2, 0.25) is 0 Å². The van der Waals surface area contributed by atoms with Gasteiger partial charge in [0.2, 0.25) is 5.91 Å². The summed E-state index contributed by atoms with van der Waals surface area (Å²) in [6, 6.07) is -0.0608. The minimum atomic E-state index is -0.621. The SMILES string of the molecule is CC(=O)O[C@@H](C)/C=C\C(=O)N[C@@H]1CC[C@H](C/C=C(C)/C=C/C2OCC[C@@]3(CO3)[C@@H]2O)O[C@@H]1C. The molecule has 0 aliphatic carbocycles. The van der Waals surface area contributed by atoms with Crippen molar-refractivity contribution in [2.75, 3.05) is 13.2 Å². The quantitative estimate of drug-likeness (QED) is 0.246. The monoisotopic (exact) mass is 463 g/mol. The molecule has 1 spiro atoms. The Bertz CT molecular complexity index is 786. The molecule has 8 nitrogen and oxygen atoms in total. The topological polar surface area (TPSA) is 107 Å². The van der Waals surface area contributed by atoms with Gasteiger partial charge in [0.25, 0.3) is 0 Å². The van der Waals surface area contributed by atoms with Crippen molar-refractivity contribution in [3.63, 3.8) is 0 Å². The molecular weight excluding hydrogens is 426 g/mol. The van der Waals surface area contributed by atoms with Gasteiger partial charge >= 0.3 is 5.97 Å². The molecule has 3 fully saturated rings. The molecule has 2 N–H and O–H groups in total. The molecule has 3 aliphatic heterocycles. The van der Waals surface area contributed by atoms with Crippen molar-refractivity contribution in [1.82, 2.24) is 5.32 Å². The first kappa shape index (κ1) is 25.6. The number of ether oxygens (including phenoxy) is 4. The minimum absolute atomic E-state index is 0.0608. The van der Waals surface area contributed by atoms with Crippen LogP contribution in [0.3, 0.4) is 0 Å². The fraction of sp³-hybridized carbons (Fsp3) is 0.680. The van der Waals surface area contributed by atoms with Crippen LogP contribution in [0.1, 0.15) is 53.4 Å². The zero-order valence-corrected chi connectivity index (χ0v) is 20.0. The number of aliphatic hydroxyl groups excluding tert-OH is 1. The van der Waals surface area contributed by atoms with Crippen molar-refractivity contribution in [3.05, 3.63) is 36.0 Å². The van der Waals surface area contributed by atoms with Gasteiger partial charge < -0.3 is 29.4 Å². The summed E-state index contributed by atoms with van der Waals surface area (Å²) in [4.78, 5) is 23.1. The highest BCUT2D eigenvalue weighted by Gasteiger charge is 2.55. The van der Waals surface area contributed by atoms with Gasteiger partial charge in [0.1, 0.15) is 23.9 Å². The molecule has 3 heterocycles. The Kier molecular flexibility index (Phi) is 8.87. The maximum absolute atomic E-state index is 12.2. The number of hydrogen-bond acceptors (Lipinski definition) is 7. The smallest absolute Gasteiger partial charge is 0.303 e. The molecule has 0 aromatic rings. The number of carbonyl (C=O) groups is 2. The molecule has 3 aliphatic rings. The lowest BCUT2D eigenvalue weighted by Gasteiger charge is -2.34. The number of epoxide rings is 1. The van der Waals surface area contributed by atoms with Crippen LogP contribution in [0, 0.1) is 0 Å². The Morgan fingerprint density at radius 3 is 2.70 bits per heavy atom. The van der Waals surface area contributed by atoms with Crippen molar-refractivity contribution in [3.8, 4) is 0 Å². The molecule has 3 saturated heterocycles. The molecule has 1 amide bonds. The predicted molar refractivity (Wildman–Crippen MR) is 122 cm³/mol. The van der Waals surface area contributed by atoms with E-state index in [1.165, 1.54) is 13.0 Å². The summed E-state index contributed by atoms with van der Waals surface area (Å²) in [5.74, 6) is -0.604. The molecule has 1 unspecified atom stereocenters. The maximum Gasteiger partial charge on any atom is 0.303 e. The van der Waals surface area contributed by atoms with Gasteiger partial charge in [-0.05, 0) is 46.1 Å². The summed E-state index contributed by atoms with van der Waals surface area (Å²) in [6.45, 7) is 8.24. The Labute approximate surface area is 196 Å². The van der Waals surface area contributed by atoms with Gasteiger partial charge in [-0.15, -0.1) is 0 Å². The third-order valence-corrected chi connectivity index (χ3v) is 6.42. The Morgan fingerprint density at radius 1 is 1.27 bits per heavy atom. The third kappa shape index (κ3) is 7.50. The standard InChI is InChI=1S/C25H37NO7/c1-16(6-11-22-24(29)25(15-31-25)13-14-30-22)5-8-20-9-10-21(18(3)33-20)26-23(28)12-7-17(2)32-19(4)27/h5-7,11-12,17-18,20-22,24,29H,8-10,13-15H2,1-4H3,(H,26,28)/b11-6+,12-7-,16-5+/t17-,18+,20-,21+,22?,24+,25+/m0/s1. The van der Waals surface area contributed by atoms with Crippen molar-refractivity contribution >= 4 is 11.9 Å². The van der Waals surface area contributed by atoms with Crippen LogP contribution < -0.4 is 5.32 Å². The number of amides is 1. The largest absolute Gasteiger partial charge is 0.459 e. The normalized spacial score (nSPS) is 35.7. The molecular formula is C25H37NO7. The van der Waals surface area contributed by atoms with E-state index in [1.807, 2.05) is 26.0 Å². The van der Waals surface area contributed by atoms with Crippen molar-refractivity contribution in [2.45, 2.75) is 95.5 Å². The third-order valence-electron chi connectivity index (χ3n) is 6.42. The highest BCUT2D eigenvalue weighted by Crippen LogP contribution is 2.40. The zero-order valence-electron chi connectivity index (χ0n) is 20.0. The van der Waals surface area contributed by atoms with Crippen molar-refractivity contribution < 1.29 is 33.6 Å². The van der Waals surface area contributed by atoms with Crippen LogP contribution in [0.15, 0.2) is 36.0 Å². The molecule has 33 heavy (non-hydrogen) atoms. The summed E-state index contributed by atoms with van der Waals surface area (Å²) < 4.78 is 22.2. The Hall–Kier alpha value is -2.00. The number of hydrogen-bond donors (Lipinski definition) is 2. The van der Waals surface area contributed by atoms with Gasteiger partial charge in [-0.1, -0.05) is 23.8 Å². The lowest BCUT2D eigenvalue weighted by molar-refractivity contribution is -0.143. The highest BCUT2D eigenvalue weighted by atomic mass is 16.6. The van der Waals surface area contributed by atoms with Crippen LogP contribution >= 0.6 is 0 Å². The average Bonchev–Trinajstić information content (AvgIpc) is 3.53. The van der Waals surface area contributed by atoms with Gasteiger partial charge in [0, 0.05) is 19.4 Å². The Morgan fingerprint density at radius 2 is 2.03 bits per heavy atom. The van der Waals surface area contributed by atoms with Crippen LogP contribution in [0.4, 0.5) is 0 Å². The van der Waals surface area contributed by atoms with Crippen LogP contribution in [-0.2, 0) is 28.5 Å². The second kappa shape index (κ2) is 11.4. The fourth-order valence-corrected chi connectivity index (χ4v) is 4.29. The molecule has 7 atom stereocenters. The van der Waals surface area contributed by atoms with Gasteiger partial charge in [-0.3, -0.25) is 9.59 Å². The maximum atomic E-state index is 12.2. The van der Waals surface area contributed by atoms with Gasteiger partial charge in [0.15, 0.2) is 0 Å². The van der Waals surface area contributed by atoms with Crippen molar-refractivity contribution in [1.29, 1.82) is 0 Å². The number of esters is 1. The molecule has 8 heteroatoms. The van der Waals surface area contributed by atoms with Gasteiger partial charge in [0.05, 0.1) is 31.5 Å². The van der Waals surface area contributed by atoms with Crippen molar-refractivity contribution in [2.24, 2.45) is 0 Å². The number of rotatable bonds is 8. The second-order valence-electron chi connectivity index (χ2n) is 9.26. The molecule has 184 valence electrons. The van der Waals surface area contributed by atoms with E-state index in [0.29, 0.717) is 13.2 Å². The molecule has 0 aromatic carbocycles.